The number of nitrogens with zero attached hydrogens (tertiary/aromatic N) is 3. The van der Waals surface area contributed by atoms with Crippen molar-refractivity contribution < 1.29 is 8.78 Å². The van der Waals surface area contributed by atoms with E-state index >= 15 is 0 Å². The number of benzene rings is 1. The van der Waals surface area contributed by atoms with Gasteiger partial charge in [0.05, 0.1) is 11.7 Å². The molecular weight excluding hydrogens is 224 g/mol. The molecule has 0 aliphatic heterocycles. The van der Waals surface area contributed by atoms with Crippen LogP contribution in [0.5, 0.6) is 0 Å². The van der Waals surface area contributed by atoms with E-state index in [-0.39, 0.29) is 5.69 Å². The molecule has 3 aromatic rings. The zero-order chi connectivity index (χ0) is 11.8. The molecule has 2 heterocycles. The molecule has 0 aliphatic carbocycles. The molecule has 5 heteroatoms. The van der Waals surface area contributed by atoms with Crippen LogP contribution < -0.4 is 0 Å². The van der Waals surface area contributed by atoms with Crippen LogP contribution in [0.25, 0.3) is 16.7 Å². The lowest BCUT2D eigenvalue weighted by molar-refractivity contribution is 0.575. The molecule has 0 aliphatic rings. The maximum Gasteiger partial charge on any atom is 0.151 e. The van der Waals surface area contributed by atoms with E-state index in [0.717, 1.165) is 6.07 Å². The summed E-state index contributed by atoms with van der Waals surface area (Å²) in [6, 6.07) is 6.89. The Balaban J connectivity index is 2.27. The average molecular weight is 231 g/mol. The molecule has 0 N–H and O–H groups in total. The van der Waals surface area contributed by atoms with Crippen LogP contribution in [0.3, 0.4) is 0 Å². The minimum Gasteiger partial charge on any atom is -0.253 e. The predicted molar refractivity (Wildman–Crippen MR) is 58.8 cm³/mol. The first-order chi connectivity index (χ1) is 8.25. The van der Waals surface area contributed by atoms with Crippen molar-refractivity contribution in [1.29, 1.82) is 0 Å². The lowest BCUT2D eigenvalue weighted by Gasteiger charge is -2.04. The van der Waals surface area contributed by atoms with Gasteiger partial charge in [-0.15, -0.1) is 0 Å². The predicted octanol–water partition coefficient (Wildman–Crippen LogP) is 2.70. The molecule has 0 spiro atoms. The lowest BCUT2D eigenvalue weighted by Crippen LogP contribution is -1.99. The highest BCUT2D eigenvalue weighted by Crippen LogP contribution is 2.19. The van der Waals surface area contributed by atoms with Crippen LogP contribution in [0, 0.1) is 11.6 Å². The van der Waals surface area contributed by atoms with E-state index in [2.05, 4.69) is 10.1 Å². The Morgan fingerprint density at radius 1 is 1.12 bits per heavy atom. The second-order valence-corrected chi connectivity index (χ2v) is 3.56. The third kappa shape index (κ3) is 1.56. The Hall–Kier alpha value is -2.30. The van der Waals surface area contributed by atoms with Crippen molar-refractivity contribution in [3.05, 3.63) is 54.4 Å². The summed E-state index contributed by atoms with van der Waals surface area (Å²) in [5, 5.41) is 4.05. The number of pyridine rings is 1. The minimum absolute atomic E-state index is 0.203. The first-order valence-electron chi connectivity index (χ1n) is 5.00. The third-order valence-corrected chi connectivity index (χ3v) is 2.48. The van der Waals surface area contributed by atoms with Crippen LogP contribution in [-0.2, 0) is 0 Å². The molecule has 0 unspecified atom stereocenters. The second kappa shape index (κ2) is 3.62. The lowest BCUT2D eigenvalue weighted by atomic mass is 10.3. The van der Waals surface area contributed by atoms with Gasteiger partial charge < -0.3 is 0 Å². The van der Waals surface area contributed by atoms with E-state index in [9.17, 15) is 8.78 Å². The molecule has 0 bridgehead atoms. The number of aromatic nitrogens is 3. The Kier molecular flexibility index (Phi) is 2.11. The van der Waals surface area contributed by atoms with Crippen LogP contribution >= 0.6 is 0 Å². The van der Waals surface area contributed by atoms with Crippen LogP contribution in [0.2, 0.25) is 0 Å². The summed E-state index contributed by atoms with van der Waals surface area (Å²) >= 11 is 0. The van der Waals surface area contributed by atoms with Gasteiger partial charge in [0.2, 0.25) is 0 Å². The van der Waals surface area contributed by atoms with Gasteiger partial charge in [0, 0.05) is 12.3 Å². The number of hydrogen-bond donors (Lipinski definition) is 0. The largest absolute Gasteiger partial charge is 0.253 e. The standard InChI is InChI=1S/C12H7F2N3/c13-8-3-4-11(9(14)6-8)17-12-2-1-5-15-10(12)7-16-17/h1-7H. The summed E-state index contributed by atoms with van der Waals surface area (Å²) < 4.78 is 27.8. The highest BCUT2D eigenvalue weighted by atomic mass is 19.1. The molecule has 17 heavy (non-hydrogen) atoms. The third-order valence-electron chi connectivity index (χ3n) is 2.48. The molecule has 0 amide bonds. The molecule has 0 saturated carbocycles. The monoisotopic (exact) mass is 231 g/mol. The van der Waals surface area contributed by atoms with Gasteiger partial charge in [-0.2, -0.15) is 5.10 Å². The van der Waals surface area contributed by atoms with Gasteiger partial charge in [-0.25, -0.2) is 13.5 Å². The zero-order valence-corrected chi connectivity index (χ0v) is 8.64. The van der Waals surface area contributed by atoms with Gasteiger partial charge in [0.25, 0.3) is 0 Å². The van der Waals surface area contributed by atoms with Crippen molar-refractivity contribution in [3.63, 3.8) is 0 Å². The first kappa shape index (κ1) is 9.89. The Bertz CT molecular complexity index is 691. The van der Waals surface area contributed by atoms with Gasteiger partial charge in [0.15, 0.2) is 5.82 Å². The van der Waals surface area contributed by atoms with Crippen molar-refractivity contribution in [1.82, 2.24) is 14.8 Å². The fourth-order valence-electron chi connectivity index (χ4n) is 1.71. The summed E-state index contributed by atoms with van der Waals surface area (Å²) in [4.78, 5) is 4.09. The van der Waals surface area contributed by atoms with Gasteiger partial charge in [0.1, 0.15) is 17.0 Å². The first-order valence-corrected chi connectivity index (χ1v) is 5.00. The quantitative estimate of drug-likeness (QED) is 0.644. The number of fused-ring (bicyclic) bond motifs is 1. The van der Waals surface area contributed by atoms with E-state index in [1.807, 2.05) is 0 Å². The fraction of sp³-hybridized carbons (Fsp3) is 0. The van der Waals surface area contributed by atoms with E-state index in [1.54, 1.807) is 18.3 Å². The molecule has 0 saturated heterocycles. The van der Waals surface area contributed by atoms with Gasteiger partial charge >= 0.3 is 0 Å². The molecule has 0 radical (unpaired) electrons. The summed E-state index contributed by atoms with van der Waals surface area (Å²) in [6.07, 6.45) is 3.17. The van der Waals surface area contributed by atoms with Gasteiger partial charge in [-0.3, -0.25) is 4.98 Å². The summed E-state index contributed by atoms with van der Waals surface area (Å²) in [7, 11) is 0. The highest BCUT2D eigenvalue weighted by Gasteiger charge is 2.10. The summed E-state index contributed by atoms with van der Waals surface area (Å²) in [6.45, 7) is 0. The van der Waals surface area contributed by atoms with Crippen molar-refractivity contribution >= 4 is 11.0 Å². The van der Waals surface area contributed by atoms with Crippen LogP contribution in [-0.4, -0.2) is 14.8 Å². The molecule has 1 aromatic carbocycles. The maximum absolute atomic E-state index is 13.6. The number of hydrogen-bond acceptors (Lipinski definition) is 2. The maximum atomic E-state index is 13.6. The van der Waals surface area contributed by atoms with Crippen molar-refractivity contribution in [2.75, 3.05) is 0 Å². The second-order valence-electron chi connectivity index (χ2n) is 3.56. The molecule has 2 aromatic heterocycles. The van der Waals surface area contributed by atoms with Crippen molar-refractivity contribution in [3.8, 4) is 5.69 Å². The smallest absolute Gasteiger partial charge is 0.151 e. The highest BCUT2D eigenvalue weighted by molar-refractivity contribution is 5.75. The minimum atomic E-state index is -0.654. The molecular formula is C12H7F2N3. The summed E-state index contributed by atoms with van der Waals surface area (Å²) in [5.74, 6) is -1.26. The van der Waals surface area contributed by atoms with Crippen LogP contribution in [0.15, 0.2) is 42.7 Å². The molecule has 3 nitrogen and oxygen atoms in total. The van der Waals surface area contributed by atoms with E-state index in [0.29, 0.717) is 11.0 Å². The Morgan fingerprint density at radius 2 is 2.00 bits per heavy atom. The SMILES string of the molecule is Fc1ccc(-n2ncc3ncccc32)c(F)c1. The zero-order valence-electron chi connectivity index (χ0n) is 8.64. The van der Waals surface area contributed by atoms with E-state index in [1.165, 1.54) is 23.0 Å². The molecule has 0 fully saturated rings. The molecule has 3 rings (SSSR count). The fourth-order valence-corrected chi connectivity index (χ4v) is 1.71. The van der Waals surface area contributed by atoms with E-state index in [4.69, 9.17) is 0 Å². The number of rotatable bonds is 1. The van der Waals surface area contributed by atoms with E-state index < -0.39 is 11.6 Å². The topological polar surface area (TPSA) is 30.7 Å². The summed E-state index contributed by atoms with van der Waals surface area (Å²) in [5.41, 5.74) is 1.55. The molecule has 0 atom stereocenters. The molecule has 84 valence electrons. The van der Waals surface area contributed by atoms with Gasteiger partial charge in [-0.05, 0) is 24.3 Å². The Labute approximate surface area is 95.3 Å². The number of halogens is 2. The van der Waals surface area contributed by atoms with Crippen LogP contribution in [0.1, 0.15) is 0 Å². The normalized spacial score (nSPS) is 10.9. The van der Waals surface area contributed by atoms with Gasteiger partial charge in [-0.1, -0.05) is 0 Å². The van der Waals surface area contributed by atoms with Crippen LogP contribution in [0.4, 0.5) is 8.78 Å². The van der Waals surface area contributed by atoms with Crippen molar-refractivity contribution in [2.45, 2.75) is 0 Å². The Morgan fingerprint density at radius 3 is 2.82 bits per heavy atom. The average Bonchev–Trinajstić information content (AvgIpc) is 2.73. The van der Waals surface area contributed by atoms with Crippen molar-refractivity contribution in [2.24, 2.45) is 0 Å².